The molecular formula is C26H27F3N4O. The van der Waals surface area contributed by atoms with Crippen LogP contribution in [0.3, 0.4) is 0 Å². The molecule has 1 aromatic carbocycles. The van der Waals surface area contributed by atoms with Gasteiger partial charge in [0.15, 0.2) is 5.69 Å². The van der Waals surface area contributed by atoms with Crippen molar-refractivity contribution in [2.75, 3.05) is 5.32 Å². The summed E-state index contributed by atoms with van der Waals surface area (Å²) in [5.74, 6) is 0.0635. The first-order chi connectivity index (χ1) is 16.1. The second-order valence-electron chi connectivity index (χ2n) is 8.72. The molecule has 4 rings (SSSR count). The van der Waals surface area contributed by atoms with E-state index in [9.17, 15) is 18.0 Å². The minimum Gasteiger partial charge on any atom is -0.348 e. The summed E-state index contributed by atoms with van der Waals surface area (Å²) in [5.41, 5.74) is 3.50. The number of anilines is 1. The number of hydrogen-bond donors (Lipinski definition) is 2. The maximum Gasteiger partial charge on any atom is 0.435 e. The van der Waals surface area contributed by atoms with Crippen molar-refractivity contribution in [3.05, 3.63) is 94.4 Å². The predicted octanol–water partition coefficient (Wildman–Crippen LogP) is 5.85. The van der Waals surface area contributed by atoms with Crippen LogP contribution in [0.1, 0.15) is 43.1 Å². The molecular weight excluding hydrogens is 441 g/mol. The largest absolute Gasteiger partial charge is 0.435 e. The molecule has 2 aromatic rings. The number of rotatable bonds is 5. The Bertz CT molecular complexity index is 1230. The van der Waals surface area contributed by atoms with Crippen LogP contribution in [0.4, 0.5) is 19.0 Å². The number of hydrogen-bond acceptors (Lipinski definition) is 3. The highest BCUT2D eigenvalue weighted by Gasteiger charge is 2.40. The van der Waals surface area contributed by atoms with Gasteiger partial charge in [0.25, 0.3) is 5.91 Å². The summed E-state index contributed by atoms with van der Waals surface area (Å²) in [5, 5.41) is 9.76. The molecule has 0 radical (unpaired) electrons. The monoisotopic (exact) mass is 468 g/mol. The Morgan fingerprint density at radius 3 is 2.74 bits per heavy atom. The number of aryl methyl sites for hydroxylation is 1. The van der Waals surface area contributed by atoms with E-state index in [1.807, 2.05) is 43.3 Å². The maximum absolute atomic E-state index is 13.5. The number of carbonyl (C=O) groups is 1. The number of halogens is 3. The molecule has 2 unspecified atom stereocenters. The first-order valence-electron chi connectivity index (χ1n) is 11.1. The van der Waals surface area contributed by atoms with Crippen LogP contribution in [0.25, 0.3) is 0 Å². The molecule has 0 bridgehead atoms. The van der Waals surface area contributed by atoms with Gasteiger partial charge in [0.2, 0.25) is 0 Å². The topological polar surface area (TPSA) is 59.0 Å². The summed E-state index contributed by atoms with van der Waals surface area (Å²) in [6.45, 7) is 9.88. The average Bonchev–Trinajstić information content (AvgIpc) is 3.22. The van der Waals surface area contributed by atoms with Gasteiger partial charge >= 0.3 is 6.18 Å². The first-order valence-corrected chi connectivity index (χ1v) is 11.1. The summed E-state index contributed by atoms with van der Waals surface area (Å²) in [7, 11) is 0. The van der Waals surface area contributed by atoms with E-state index in [0.29, 0.717) is 29.8 Å². The van der Waals surface area contributed by atoms with E-state index in [1.165, 1.54) is 4.68 Å². The zero-order valence-corrected chi connectivity index (χ0v) is 19.3. The zero-order valence-electron chi connectivity index (χ0n) is 19.3. The van der Waals surface area contributed by atoms with Crippen molar-refractivity contribution in [2.24, 2.45) is 5.92 Å². The molecule has 0 fully saturated rings. The molecule has 1 amide bonds. The molecule has 1 aliphatic heterocycles. The lowest BCUT2D eigenvalue weighted by Crippen LogP contribution is -2.35. The van der Waals surface area contributed by atoms with Crippen molar-refractivity contribution < 1.29 is 18.0 Å². The average molecular weight is 469 g/mol. The third kappa shape index (κ3) is 4.44. The van der Waals surface area contributed by atoms with Gasteiger partial charge in [-0.3, -0.25) is 4.79 Å². The highest BCUT2D eigenvalue weighted by molar-refractivity contribution is 5.97. The van der Waals surface area contributed by atoms with Gasteiger partial charge in [0.05, 0.1) is 5.57 Å². The summed E-state index contributed by atoms with van der Waals surface area (Å²) in [6, 6.07) is 7.88. The highest BCUT2D eigenvalue weighted by Crippen LogP contribution is 2.42. The quantitative estimate of drug-likeness (QED) is 0.579. The lowest BCUT2D eigenvalue weighted by Gasteiger charge is -2.32. The molecule has 5 nitrogen and oxygen atoms in total. The van der Waals surface area contributed by atoms with Crippen molar-refractivity contribution in [1.82, 2.24) is 15.1 Å². The molecule has 0 saturated carbocycles. The number of nitrogens with one attached hydrogen (secondary N) is 2. The molecule has 1 aromatic heterocycles. The van der Waals surface area contributed by atoms with Crippen LogP contribution < -0.4 is 10.6 Å². The molecule has 2 aliphatic rings. The third-order valence-electron chi connectivity index (χ3n) is 6.37. The van der Waals surface area contributed by atoms with E-state index < -0.39 is 17.9 Å². The second kappa shape index (κ2) is 9.00. The summed E-state index contributed by atoms with van der Waals surface area (Å²) in [6.07, 6.45) is 1.71. The molecule has 0 saturated heterocycles. The molecule has 178 valence electrons. The third-order valence-corrected chi connectivity index (χ3v) is 6.37. The Morgan fingerprint density at radius 2 is 2.06 bits per heavy atom. The number of nitrogens with zero attached hydrogens (tertiary/aromatic N) is 2. The van der Waals surface area contributed by atoms with Crippen LogP contribution in [-0.4, -0.2) is 15.7 Å². The summed E-state index contributed by atoms with van der Waals surface area (Å²) >= 11 is 0. The standard InChI is InChI=1S/C26H27F3N4O/c1-5-18-12-19(11-10-16(18)3)24-23(25(34)30-14-20-9-7-6-8-15(20)2)17(4)31-22-13-21(26(27,28)29)32-33(22)24/h5-9,11-13,16,24,31H,1,10,14H2,2-4H3,(H,30,34). The Hall–Kier alpha value is -3.55. The summed E-state index contributed by atoms with van der Waals surface area (Å²) in [4.78, 5) is 13.4. The fraction of sp³-hybridized carbons (Fsp3) is 0.308. The van der Waals surface area contributed by atoms with E-state index in [0.717, 1.165) is 22.8 Å². The van der Waals surface area contributed by atoms with Crippen LogP contribution >= 0.6 is 0 Å². The van der Waals surface area contributed by atoms with Crippen LogP contribution in [0.15, 0.2) is 77.6 Å². The molecule has 34 heavy (non-hydrogen) atoms. The number of carbonyl (C=O) groups excluding carboxylic acids is 1. The minimum atomic E-state index is -4.60. The number of amides is 1. The smallest absolute Gasteiger partial charge is 0.348 e. The van der Waals surface area contributed by atoms with Gasteiger partial charge in [0.1, 0.15) is 11.9 Å². The Kier molecular flexibility index (Phi) is 6.25. The first kappa shape index (κ1) is 23.6. The number of aromatic nitrogens is 2. The van der Waals surface area contributed by atoms with Crippen LogP contribution in [-0.2, 0) is 17.5 Å². The Morgan fingerprint density at radius 1 is 1.32 bits per heavy atom. The molecule has 2 N–H and O–H groups in total. The lowest BCUT2D eigenvalue weighted by atomic mass is 9.84. The highest BCUT2D eigenvalue weighted by atomic mass is 19.4. The Labute approximate surface area is 196 Å². The summed E-state index contributed by atoms with van der Waals surface area (Å²) < 4.78 is 41.7. The van der Waals surface area contributed by atoms with Crippen molar-refractivity contribution >= 4 is 11.7 Å². The number of alkyl halides is 3. The maximum atomic E-state index is 13.5. The zero-order chi connectivity index (χ0) is 24.6. The van der Waals surface area contributed by atoms with E-state index >= 15 is 0 Å². The van der Waals surface area contributed by atoms with Crippen LogP contribution in [0, 0.1) is 12.8 Å². The van der Waals surface area contributed by atoms with E-state index in [2.05, 4.69) is 29.2 Å². The fourth-order valence-corrected chi connectivity index (χ4v) is 4.38. The van der Waals surface area contributed by atoms with Gasteiger partial charge in [-0.25, -0.2) is 4.68 Å². The molecule has 1 aliphatic carbocycles. The lowest BCUT2D eigenvalue weighted by molar-refractivity contribution is -0.141. The Balaban J connectivity index is 1.75. The molecule has 2 atom stereocenters. The van der Waals surface area contributed by atoms with Crippen LogP contribution in [0.2, 0.25) is 0 Å². The molecule has 0 spiro atoms. The van der Waals surface area contributed by atoms with Gasteiger partial charge in [-0.05, 0) is 48.5 Å². The normalized spacial score (nSPS) is 20.2. The van der Waals surface area contributed by atoms with Crippen LogP contribution in [0.5, 0.6) is 0 Å². The number of fused-ring (bicyclic) bond motifs is 1. The van der Waals surface area contributed by atoms with E-state index in [-0.39, 0.29) is 17.6 Å². The van der Waals surface area contributed by atoms with E-state index in [1.54, 1.807) is 13.0 Å². The van der Waals surface area contributed by atoms with Crippen molar-refractivity contribution in [3.8, 4) is 0 Å². The number of allylic oxidation sites excluding steroid dienone is 6. The van der Waals surface area contributed by atoms with Crippen molar-refractivity contribution in [1.29, 1.82) is 0 Å². The fourth-order valence-electron chi connectivity index (χ4n) is 4.38. The van der Waals surface area contributed by atoms with Gasteiger partial charge in [-0.15, -0.1) is 0 Å². The second-order valence-corrected chi connectivity index (χ2v) is 8.72. The van der Waals surface area contributed by atoms with Crippen molar-refractivity contribution in [2.45, 2.75) is 46.0 Å². The van der Waals surface area contributed by atoms with Gasteiger partial charge in [-0.1, -0.05) is 56.0 Å². The predicted molar refractivity (Wildman–Crippen MR) is 126 cm³/mol. The number of benzene rings is 1. The van der Waals surface area contributed by atoms with Gasteiger partial charge < -0.3 is 10.6 Å². The molecule has 2 heterocycles. The minimum absolute atomic E-state index is 0.193. The van der Waals surface area contributed by atoms with Gasteiger partial charge in [-0.2, -0.15) is 18.3 Å². The van der Waals surface area contributed by atoms with Crippen molar-refractivity contribution in [3.63, 3.8) is 0 Å². The molecule has 8 heteroatoms. The van der Waals surface area contributed by atoms with E-state index in [4.69, 9.17) is 0 Å². The van der Waals surface area contributed by atoms with Gasteiger partial charge in [0, 0.05) is 18.3 Å². The SMILES string of the molecule is C=CC1=CC(C2C(C(=O)NCc3ccccc3C)=C(C)Nc3cc(C(F)(F)F)nn32)=CCC1C.